The number of anilines is 1. The molecule has 134 valence electrons. The molecule has 0 radical (unpaired) electrons. The molecule has 0 saturated heterocycles. The fourth-order valence-corrected chi connectivity index (χ4v) is 3.20. The number of H-pyrrole nitrogens is 1. The van der Waals surface area contributed by atoms with E-state index in [9.17, 15) is 5.11 Å². The minimum atomic E-state index is -0.323. The Kier molecular flexibility index (Phi) is 4.42. The number of hydrogen-bond acceptors (Lipinski definition) is 4. The molecule has 4 aromatic rings. The van der Waals surface area contributed by atoms with Gasteiger partial charge >= 0.3 is 0 Å². The van der Waals surface area contributed by atoms with Crippen LogP contribution >= 0.6 is 0 Å². The molecule has 5 heteroatoms. The molecule has 0 bridgehead atoms. The zero-order valence-corrected chi connectivity index (χ0v) is 15.3. The van der Waals surface area contributed by atoms with Crippen LogP contribution in [0.15, 0.2) is 67.0 Å². The van der Waals surface area contributed by atoms with E-state index in [1.54, 1.807) is 6.20 Å². The number of nitrogens with zero attached hydrogens (tertiary/aromatic N) is 2. The Labute approximate surface area is 157 Å². The molecule has 0 fully saturated rings. The van der Waals surface area contributed by atoms with Gasteiger partial charge in [0.25, 0.3) is 5.82 Å². The average molecular weight is 357 g/mol. The number of fused-ring (bicyclic) bond motifs is 1. The Morgan fingerprint density at radius 1 is 1.04 bits per heavy atom. The highest BCUT2D eigenvalue weighted by Crippen LogP contribution is 2.35. The largest absolute Gasteiger partial charge is 0.505 e. The number of nitrogens with one attached hydrogen (secondary N) is 2. The van der Waals surface area contributed by atoms with E-state index in [1.165, 1.54) is 0 Å². The van der Waals surface area contributed by atoms with E-state index in [2.05, 4.69) is 20.3 Å². The number of phenolic OH excluding ortho intramolecular Hbond substituents is 1. The molecule has 0 aliphatic carbocycles. The number of aryl methyl sites for hydroxylation is 2. The minimum absolute atomic E-state index is 0.173. The third-order valence-electron chi connectivity index (χ3n) is 4.56. The lowest BCUT2D eigenvalue weighted by Gasteiger charge is -2.17. The number of aromatic amines is 1. The van der Waals surface area contributed by atoms with Crippen LogP contribution in [0, 0.1) is 13.8 Å². The minimum Gasteiger partial charge on any atom is -0.505 e. The van der Waals surface area contributed by atoms with E-state index in [0.717, 1.165) is 33.7 Å². The summed E-state index contributed by atoms with van der Waals surface area (Å²) in [5.41, 5.74) is 4.15. The number of hydrogen-bond donors (Lipinski definition) is 2. The van der Waals surface area contributed by atoms with Crippen molar-refractivity contribution in [1.82, 2.24) is 9.97 Å². The van der Waals surface area contributed by atoms with Crippen LogP contribution in [0.25, 0.3) is 10.9 Å². The van der Waals surface area contributed by atoms with Gasteiger partial charge in [0.05, 0.1) is 11.9 Å². The van der Waals surface area contributed by atoms with Crippen LogP contribution in [-0.2, 0) is 0 Å². The van der Waals surface area contributed by atoms with Crippen LogP contribution in [-0.4, -0.2) is 15.1 Å². The summed E-state index contributed by atoms with van der Waals surface area (Å²) >= 11 is 0. The van der Waals surface area contributed by atoms with Gasteiger partial charge in [-0.3, -0.25) is 10.3 Å². The molecule has 0 aliphatic heterocycles. The van der Waals surface area contributed by atoms with Crippen molar-refractivity contribution in [2.75, 3.05) is 5.32 Å². The zero-order valence-electron chi connectivity index (χ0n) is 15.3. The average Bonchev–Trinajstić information content (AvgIpc) is 2.68. The summed E-state index contributed by atoms with van der Waals surface area (Å²) in [6, 6.07) is 17.3. The van der Waals surface area contributed by atoms with Gasteiger partial charge in [-0.15, -0.1) is 0 Å². The van der Waals surface area contributed by atoms with Crippen molar-refractivity contribution in [3.8, 4) is 5.75 Å². The molecule has 0 amide bonds. The smallest absolute Gasteiger partial charge is 0.273 e. The Bertz CT molecular complexity index is 1100. The van der Waals surface area contributed by atoms with E-state index in [-0.39, 0.29) is 11.8 Å². The molecular formula is C22H21N4O+. The van der Waals surface area contributed by atoms with Gasteiger partial charge in [-0.05, 0) is 49.7 Å². The van der Waals surface area contributed by atoms with Crippen molar-refractivity contribution in [3.63, 3.8) is 0 Å². The molecule has 27 heavy (non-hydrogen) atoms. The Morgan fingerprint density at radius 3 is 2.67 bits per heavy atom. The first-order chi connectivity index (χ1) is 13.1. The van der Waals surface area contributed by atoms with Crippen molar-refractivity contribution >= 4 is 16.7 Å². The summed E-state index contributed by atoms with van der Waals surface area (Å²) in [4.78, 5) is 12.2. The quantitative estimate of drug-likeness (QED) is 0.580. The number of pyridine rings is 3. The lowest BCUT2D eigenvalue weighted by atomic mass is 9.99. The third kappa shape index (κ3) is 3.44. The molecule has 1 atom stereocenters. The van der Waals surface area contributed by atoms with Crippen LogP contribution in [0.2, 0.25) is 0 Å². The summed E-state index contributed by atoms with van der Waals surface area (Å²) in [7, 11) is 0. The molecule has 3 aromatic heterocycles. The van der Waals surface area contributed by atoms with Crippen LogP contribution in [0.3, 0.4) is 0 Å². The SMILES string of the molecule is Cc1cc[nH+]c(N[C@@H](c2ccccn2)c2ccc3ccc(C)nc3c2O)c1. The maximum absolute atomic E-state index is 11.0. The van der Waals surface area contributed by atoms with Gasteiger partial charge < -0.3 is 5.11 Å². The van der Waals surface area contributed by atoms with E-state index < -0.39 is 0 Å². The monoisotopic (exact) mass is 357 g/mol. The second-order valence-electron chi connectivity index (χ2n) is 6.64. The third-order valence-corrected chi connectivity index (χ3v) is 4.56. The molecule has 0 saturated carbocycles. The summed E-state index contributed by atoms with van der Waals surface area (Å²) in [5, 5.41) is 15.4. The number of phenols is 1. The first kappa shape index (κ1) is 17.0. The van der Waals surface area contributed by atoms with Crippen molar-refractivity contribution in [2.24, 2.45) is 0 Å². The van der Waals surface area contributed by atoms with E-state index >= 15 is 0 Å². The van der Waals surface area contributed by atoms with Crippen molar-refractivity contribution in [2.45, 2.75) is 19.9 Å². The molecule has 1 aromatic carbocycles. The van der Waals surface area contributed by atoms with Crippen LogP contribution < -0.4 is 10.3 Å². The first-order valence-corrected chi connectivity index (χ1v) is 8.87. The molecular weight excluding hydrogens is 336 g/mol. The number of aromatic hydroxyl groups is 1. The normalized spacial score (nSPS) is 12.1. The zero-order chi connectivity index (χ0) is 18.8. The fraction of sp³-hybridized carbons (Fsp3) is 0.136. The number of rotatable bonds is 4. The summed E-state index contributed by atoms with van der Waals surface area (Å²) < 4.78 is 0. The summed E-state index contributed by atoms with van der Waals surface area (Å²) in [5.74, 6) is 1.02. The van der Waals surface area contributed by atoms with Gasteiger partial charge in [0, 0.05) is 28.9 Å². The second-order valence-corrected chi connectivity index (χ2v) is 6.64. The van der Waals surface area contributed by atoms with Gasteiger partial charge in [-0.25, -0.2) is 9.97 Å². The number of benzene rings is 1. The molecule has 0 aliphatic rings. The standard InChI is InChI=1S/C22H20N4O/c1-14-10-12-24-19(13-14)26-21(18-5-3-4-11-23-18)17-9-8-16-7-6-15(2)25-20(16)22(17)27/h3-13,21,27H,1-2H3,(H,24,26)/p+1/t21-/m1/s1. The van der Waals surface area contributed by atoms with Crippen molar-refractivity contribution in [3.05, 3.63) is 89.5 Å². The molecule has 5 nitrogen and oxygen atoms in total. The highest BCUT2D eigenvalue weighted by Gasteiger charge is 2.25. The molecule has 0 spiro atoms. The van der Waals surface area contributed by atoms with E-state index in [1.807, 2.05) is 74.6 Å². The molecule has 4 rings (SSSR count). The summed E-state index contributed by atoms with van der Waals surface area (Å²) in [6.07, 6.45) is 3.64. The van der Waals surface area contributed by atoms with Gasteiger partial charge in [0.2, 0.25) is 0 Å². The highest BCUT2D eigenvalue weighted by atomic mass is 16.3. The lowest BCUT2D eigenvalue weighted by molar-refractivity contribution is -0.361. The van der Waals surface area contributed by atoms with E-state index in [4.69, 9.17) is 0 Å². The Hall–Kier alpha value is -3.47. The van der Waals surface area contributed by atoms with Crippen LogP contribution in [0.4, 0.5) is 5.82 Å². The van der Waals surface area contributed by atoms with Gasteiger partial charge in [0.15, 0.2) is 6.04 Å². The van der Waals surface area contributed by atoms with Crippen LogP contribution in [0.1, 0.15) is 28.6 Å². The van der Waals surface area contributed by atoms with Gasteiger partial charge in [-0.1, -0.05) is 18.2 Å². The fourth-order valence-electron chi connectivity index (χ4n) is 3.20. The second kappa shape index (κ2) is 7.03. The predicted octanol–water partition coefficient (Wildman–Crippen LogP) is 3.97. The van der Waals surface area contributed by atoms with Gasteiger partial charge in [0.1, 0.15) is 11.3 Å². The topological polar surface area (TPSA) is 72.2 Å². The van der Waals surface area contributed by atoms with Crippen molar-refractivity contribution in [1.29, 1.82) is 0 Å². The summed E-state index contributed by atoms with van der Waals surface area (Å²) in [6.45, 7) is 3.96. The maximum Gasteiger partial charge on any atom is 0.273 e. The van der Waals surface area contributed by atoms with E-state index in [0.29, 0.717) is 5.52 Å². The lowest BCUT2D eigenvalue weighted by Crippen LogP contribution is -2.20. The Balaban J connectivity index is 1.86. The maximum atomic E-state index is 11.0. The van der Waals surface area contributed by atoms with Crippen LogP contribution in [0.5, 0.6) is 5.75 Å². The highest BCUT2D eigenvalue weighted by molar-refractivity contribution is 5.86. The molecule has 0 unspecified atom stereocenters. The van der Waals surface area contributed by atoms with Gasteiger partial charge in [-0.2, -0.15) is 0 Å². The predicted molar refractivity (Wildman–Crippen MR) is 106 cm³/mol. The first-order valence-electron chi connectivity index (χ1n) is 8.87. The Morgan fingerprint density at radius 2 is 1.89 bits per heavy atom. The molecule has 3 N–H and O–H groups in total. The molecule has 3 heterocycles. The number of aromatic nitrogens is 3. The van der Waals surface area contributed by atoms with Crippen molar-refractivity contribution < 1.29 is 10.1 Å².